The molecule has 0 amide bonds. The van der Waals surface area contributed by atoms with Crippen LogP contribution in [0.25, 0.3) is 33.2 Å². The molecule has 0 unspecified atom stereocenters. The zero-order chi connectivity index (χ0) is 30.3. The molecule has 7 heteroatoms. The van der Waals surface area contributed by atoms with Crippen LogP contribution >= 0.6 is 23.2 Å². The number of carboxylic acids is 2. The first-order chi connectivity index (χ1) is 21.4. The molecule has 0 fully saturated rings. The first-order valence-electron chi connectivity index (χ1n) is 14.8. The summed E-state index contributed by atoms with van der Waals surface area (Å²) in [6.07, 6.45) is 8.64. The maximum absolute atomic E-state index is 12.9. The highest BCUT2D eigenvalue weighted by Crippen LogP contribution is 2.50. The van der Waals surface area contributed by atoms with E-state index in [4.69, 9.17) is 27.9 Å². The van der Waals surface area contributed by atoms with E-state index in [0.717, 1.165) is 88.9 Å². The van der Waals surface area contributed by atoms with Gasteiger partial charge in [0.1, 0.15) is 11.5 Å². The molecule has 0 spiro atoms. The smallest absolute Gasteiger partial charge is 0.139 e. The number of ether oxygens (including phenoxy) is 1. The molecule has 0 radical (unpaired) electrons. The van der Waals surface area contributed by atoms with Gasteiger partial charge in [-0.15, -0.1) is 0 Å². The number of benzene rings is 5. The second kappa shape index (κ2) is 10.1. The average molecular weight is 620 g/mol. The quantitative estimate of drug-likeness (QED) is 0.266. The van der Waals surface area contributed by atoms with E-state index in [1.54, 1.807) is 0 Å². The molecular formula is C37H24Cl2O5-2. The molecule has 44 heavy (non-hydrogen) atoms. The van der Waals surface area contributed by atoms with Gasteiger partial charge in [0.15, 0.2) is 0 Å². The molecule has 1 aliphatic heterocycles. The van der Waals surface area contributed by atoms with Crippen molar-refractivity contribution in [3.05, 3.63) is 114 Å². The molecule has 5 aromatic carbocycles. The van der Waals surface area contributed by atoms with Crippen LogP contribution in [0.5, 0.6) is 11.5 Å². The van der Waals surface area contributed by atoms with Crippen LogP contribution in [0.2, 0.25) is 10.0 Å². The van der Waals surface area contributed by atoms with Gasteiger partial charge < -0.3 is 24.5 Å². The number of carbonyl (C=O) groups excluding carboxylic acids is 2. The molecule has 0 saturated heterocycles. The summed E-state index contributed by atoms with van der Waals surface area (Å²) < 4.78 is 7.08. The Morgan fingerprint density at radius 1 is 0.705 bits per heavy atom. The Labute approximate surface area is 262 Å². The van der Waals surface area contributed by atoms with Gasteiger partial charge in [-0.1, -0.05) is 77.8 Å². The molecule has 0 atom stereocenters. The van der Waals surface area contributed by atoms with Gasteiger partial charge in [0, 0.05) is 38.6 Å². The van der Waals surface area contributed by atoms with Crippen LogP contribution in [-0.4, -0.2) is 11.9 Å². The topological polar surface area (TPSA) is 89.5 Å². The number of carboxylic acid groups (broad SMARTS) is 2. The Kier molecular flexibility index (Phi) is 6.26. The number of aromatic carboxylic acids is 2. The van der Waals surface area contributed by atoms with Gasteiger partial charge in [-0.2, -0.15) is 0 Å². The lowest BCUT2D eigenvalue weighted by Gasteiger charge is -2.32. The Bertz CT molecular complexity index is 2270. The van der Waals surface area contributed by atoms with Crippen molar-refractivity contribution >= 4 is 68.3 Å². The number of fused-ring (bicyclic) bond motifs is 12. The number of halogens is 2. The molecule has 1 heterocycles. The van der Waals surface area contributed by atoms with Crippen LogP contribution in [0.1, 0.15) is 74.2 Å². The van der Waals surface area contributed by atoms with Crippen molar-refractivity contribution < 1.29 is 24.5 Å². The Hall–Kier alpha value is -4.32. The highest BCUT2D eigenvalue weighted by atomic mass is 35.5. The predicted molar refractivity (Wildman–Crippen MR) is 168 cm³/mol. The molecular weight excluding hydrogens is 595 g/mol. The van der Waals surface area contributed by atoms with Crippen LogP contribution in [0, 0.1) is 0 Å². The van der Waals surface area contributed by atoms with Crippen LogP contribution < -0.4 is 25.4 Å². The number of rotatable bonds is 3. The predicted octanol–water partition coefficient (Wildman–Crippen LogP) is 5.38. The van der Waals surface area contributed by atoms with E-state index in [2.05, 4.69) is 18.2 Å². The standard InChI is InChI=1S/C37H26Cl2O5/c38-27-17-26(36(40)41)33(39)32(30(27)37(42)43)31-28-22-13-5-1-9-18(22)20-11-3-7-15-24(20)34(28)44-35-25-16-8-4-12-21(25)19-10-2-6-14-23(19)29(31)35/h1-2,5-6,9-11,13-14,17H,3-4,7-8,12,15-16H2,(H,40,41)(H,42,43)/p-2. The number of hydrogen-bond acceptors (Lipinski definition) is 5. The molecule has 0 saturated carbocycles. The zero-order valence-electron chi connectivity index (χ0n) is 23.5. The molecule has 3 aliphatic rings. The molecule has 8 rings (SSSR count). The molecule has 5 nitrogen and oxygen atoms in total. The Balaban J connectivity index is 1.72. The monoisotopic (exact) mass is 618 g/mol. The van der Waals surface area contributed by atoms with Crippen LogP contribution in [0.4, 0.5) is 0 Å². The minimum atomic E-state index is -1.56. The summed E-state index contributed by atoms with van der Waals surface area (Å²) in [6.45, 7) is 0. The lowest BCUT2D eigenvalue weighted by atomic mass is 9.78. The maximum atomic E-state index is 12.9. The third-order valence-corrected chi connectivity index (χ3v) is 10.1. The molecule has 5 aromatic rings. The fraction of sp³-hybridized carbons (Fsp3) is 0.189. The fourth-order valence-electron chi connectivity index (χ4n) is 7.60. The summed E-state index contributed by atoms with van der Waals surface area (Å²) in [4.78, 5) is 25.2. The average Bonchev–Trinajstić information content (AvgIpc) is 3.04. The van der Waals surface area contributed by atoms with E-state index in [0.29, 0.717) is 27.9 Å². The van der Waals surface area contributed by atoms with Crippen molar-refractivity contribution in [2.24, 2.45) is 0 Å². The van der Waals surface area contributed by atoms with E-state index in [-0.39, 0.29) is 21.2 Å². The summed E-state index contributed by atoms with van der Waals surface area (Å²) in [7, 11) is 0. The molecule has 0 N–H and O–H groups in total. The summed E-state index contributed by atoms with van der Waals surface area (Å²) in [6, 6.07) is 17.0. The second-order valence-electron chi connectivity index (χ2n) is 11.7. The van der Waals surface area contributed by atoms with Crippen molar-refractivity contribution in [2.75, 3.05) is 0 Å². The van der Waals surface area contributed by atoms with E-state index in [1.807, 2.05) is 36.4 Å². The van der Waals surface area contributed by atoms with E-state index in [1.165, 1.54) is 5.56 Å². The molecule has 0 aromatic heterocycles. The lowest BCUT2D eigenvalue weighted by Crippen LogP contribution is -2.31. The lowest BCUT2D eigenvalue weighted by molar-refractivity contribution is -0.256. The highest BCUT2D eigenvalue weighted by Gasteiger charge is 2.34. The van der Waals surface area contributed by atoms with E-state index >= 15 is 0 Å². The summed E-state index contributed by atoms with van der Waals surface area (Å²) >= 11 is 13.5. The van der Waals surface area contributed by atoms with Crippen molar-refractivity contribution in [2.45, 2.75) is 44.9 Å². The zero-order valence-corrected chi connectivity index (χ0v) is 25.0. The molecule has 218 valence electrons. The van der Waals surface area contributed by atoms with Crippen molar-refractivity contribution in [3.63, 3.8) is 0 Å². The second-order valence-corrected chi connectivity index (χ2v) is 12.5. The van der Waals surface area contributed by atoms with E-state index < -0.39 is 17.5 Å². The van der Waals surface area contributed by atoms with Crippen LogP contribution in [0.3, 0.4) is 0 Å². The van der Waals surface area contributed by atoms with Gasteiger partial charge in [0.2, 0.25) is 0 Å². The Morgan fingerprint density at radius 2 is 1.36 bits per heavy atom. The highest BCUT2D eigenvalue weighted by molar-refractivity contribution is 6.40. The first kappa shape index (κ1) is 27.2. The third kappa shape index (κ3) is 3.79. The largest absolute Gasteiger partial charge is 0.545 e. The Morgan fingerprint density at radius 3 is 2.09 bits per heavy atom. The summed E-state index contributed by atoms with van der Waals surface area (Å²) in [5, 5.41) is 30.2. The van der Waals surface area contributed by atoms with Gasteiger partial charge in [0.05, 0.1) is 22.0 Å². The third-order valence-electron chi connectivity index (χ3n) is 9.38. The molecule has 2 aliphatic carbocycles. The number of hydrogen-bond donors (Lipinski definition) is 0. The number of carbonyl (C=O) groups is 2. The summed E-state index contributed by atoms with van der Waals surface area (Å²) in [5.41, 5.74) is 3.74. The summed E-state index contributed by atoms with van der Waals surface area (Å²) in [5.74, 6) is -1.80. The fourth-order valence-corrected chi connectivity index (χ4v) is 8.20. The maximum Gasteiger partial charge on any atom is 0.139 e. The minimum absolute atomic E-state index is 0.00466. The number of aryl methyl sites for hydroxylation is 1. The van der Waals surface area contributed by atoms with Gasteiger partial charge in [-0.05, 0) is 88.9 Å². The van der Waals surface area contributed by atoms with E-state index in [9.17, 15) is 19.8 Å². The van der Waals surface area contributed by atoms with Gasteiger partial charge >= 0.3 is 0 Å². The SMILES string of the molecule is O=C([O-])c1cc(Cl)c(C(=O)[O-])c(C2=c3c(c4c(c5ccccc35)=CCCC4)Oc3c4c(c5ccccc5c32)CCCC4)c1Cl. The van der Waals surface area contributed by atoms with Gasteiger partial charge in [-0.3, -0.25) is 0 Å². The van der Waals surface area contributed by atoms with Crippen LogP contribution in [0.15, 0.2) is 54.6 Å². The van der Waals surface area contributed by atoms with Crippen molar-refractivity contribution in [1.82, 2.24) is 0 Å². The molecule has 0 bridgehead atoms. The van der Waals surface area contributed by atoms with Crippen LogP contribution in [-0.2, 0) is 19.3 Å². The van der Waals surface area contributed by atoms with Crippen molar-refractivity contribution in [1.29, 1.82) is 0 Å². The minimum Gasteiger partial charge on any atom is -0.545 e. The first-order valence-corrected chi connectivity index (χ1v) is 15.6. The van der Waals surface area contributed by atoms with Crippen molar-refractivity contribution in [3.8, 4) is 11.5 Å². The van der Waals surface area contributed by atoms with Gasteiger partial charge in [0.25, 0.3) is 0 Å². The normalized spacial score (nSPS) is 15.1. The van der Waals surface area contributed by atoms with Gasteiger partial charge in [-0.25, -0.2) is 0 Å².